The van der Waals surface area contributed by atoms with E-state index in [1.807, 2.05) is 50.6 Å². The van der Waals surface area contributed by atoms with E-state index in [1.165, 1.54) is 11.3 Å². The van der Waals surface area contributed by atoms with Crippen LogP contribution in [0.25, 0.3) is 11.0 Å². The largest absolute Gasteiger partial charge is 0.338 e. The molecule has 1 N–H and O–H groups in total. The van der Waals surface area contributed by atoms with Crippen molar-refractivity contribution in [2.75, 3.05) is 13.1 Å². The number of carbonyl (C=O) groups excluding carboxylic acids is 1. The number of nitrogens with zero attached hydrogens (tertiary/aromatic N) is 2. The third kappa shape index (κ3) is 2.49. The maximum atomic E-state index is 12.4. The SMILES string of the molecule is O=C(c1ccsc1)N1CCC(n2c(=O)[nH]c3ccccc32)CC1. The van der Waals surface area contributed by atoms with Gasteiger partial charge in [-0.25, -0.2) is 4.79 Å². The van der Waals surface area contributed by atoms with Gasteiger partial charge in [0, 0.05) is 24.5 Å². The molecule has 0 saturated carbocycles. The van der Waals surface area contributed by atoms with E-state index in [4.69, 9.17) is 0 Å². The van der Waals surface area contributed by atoms with E-state index in [0.717, 1.165) is 29.4 Å². The fourth-order valence-electron chi connectivity index (χ4n) is 3.33. The van der Waals surface area contributed by atoms with Crippen molar-refractivity contribution in [3.8, 4) is 0 Å². The molecule has 0 bridgehead atoms. The molecule has 1 aromatic carbocycles. The molecule has 6 heteroatoms. The minimum Gasteiger partial charge on any atom is -0.338 e. The second kappa shape index (κ2) is 5.70. The molecule has 1 amide bonds. The van der Waals surface area contributed by atoms with Crippen LogP contribution in [0.15, 0.2) is 45.9 Å². The van der Waals surface area contributed by atoms with Gasteiger partial charge < -0.3 is 9.88 Å². The molecule has 4 rings (SSSR count). The van der Waals surface area contributed by atoms with Crippen LogP contribution in [-0.2, 0) is 0 Å². The highest BCUT2D eigenvalue weighted by molar-refractivity contribution is 7.08. The second-order valence-electron chi connectivity index (χ2n) is 5.85. The number of para-hydroxylation sites is 2. The summed E-state index contributed by atoms with van der Waals surface area (Å²) in [5, 5.41) is 3.81. The van der Waals surface area contributed by atoms with E-state index in [-0.39, 0.29) is 17.6 Å². The molecule has 0 atom stereocenters. The lowest BCUT2D eigenvalue weighted by Gasteiger charge is -2.32. The quantitative estimate of drug-likeness (QED) is 0.787. The van der Waals surface area contributed by atoms with E-state index in [2.05, 4.69) is 4.98 Å². The monoisotopic (exact) mass is 327 g/mol. The lowest BCUT2D eigenvalue weighted by molar-refractivity contribution is 0.0695. The third-order valence-electron chi connectivity index (χ3n) is 4.51. The van der Waals surface area contributed by atoms with Crippen LogP contribution in [-0.4, -0.2) is 33.4 Å². The highest BCUT2D eigenvalue weighted by Gasteiger charge is 2.26. The van der Waals surface area contributed by atoms with Crippen molar-refractivity contribution in [2.24, 2.45) is 0 Å². The fourth-order valence-corrected chi connectivity index (χ4v) is 3.96. The van der Waals surface area contributed by atoms with Gasteiger partial charge in [0.05, 0.1) is 16.6 Å². The van der Waals surface area contributed by atoms with Gasteiger partial charge in [0.25, 0.3) is 5.91 Å². The normalized spacial score (nSPS) is 16.1. The number of aromatic amines is 1. The topological polar surface area (TPSA) is 58.1 Å². The maximum absolute atomic E-state index is 12.4. The van der Waals surface area contributed by atoms with Crippen molar-refractivity contribution in [2.45, 2.75) is 18.9 Å². The van der Waals surface area contributed by atoms with Gasteiger partial charge in [-0.3, -0.25) is 9.36 Å². The average Bonchev–Trinajstić information content (AvgIpc) is 3.21. The number of nitrogens with one attached hydrogen (secondary N) is 1. The molecule has 23 heavy (non-hydrogen) atoms. The summed E-state index contributed by atoms with van der Waals surface area (Å²) < 4.78 is 1.85. The molecule has 0 radical (unpaired) electrons. The van der Waals surface area contributed by atoms with Crippen LogP contribution < -0.4 is 5.69 Å². The van der Waals surface area contributed by atoms with Crippen molar-refractivity contribution in [1.29, 1.82) is 0 Å². The number of carbonyl (C=O) groups is 1. The summed E-state index contributed by atoms with van der Waals surface area (Å²) in [7, 11) is 0. The number of H-pyrrole nitrogens is 1. The molecule has 0 aliphatic carbocycles. The van der Waals surface area contributed by atoms with Gasteiger partial charge in [-0.1, -0.05) is 12.1 Å². The number of thiophene rings is 1. The molecule has 2 aromatic heterocycles. The molecule has 1 aliphatic rings. The van der Waals surface area contributed by atoms with Crippen molar-refractivity contribution >= 4 is 28.3 Å². The average molecular weight is 327 g/mol. The van der Waals surface area contributed by atoms with Crippen LogP contribution in [0, 0.1) is 0 Å². The third-order valence-corrected chi connectivity index (χ3v) is 5.19. The van der Waals surface area contributed by atoms with Gasteiger partial charge in [-0.05, 0) is 36.4 Å². The molecular formula is C17H17N3O2S. The maximum Gasteiger partial charge on any atom is 0.326 e. The number of fused-ring (bicyclic) bond motifs is 1. The van der Waals surface area contributed by atoms with Crippen molar-refractivity contribution in [1.82, 2.24) is 14.5 Å². The Morgan fingerprint density at radius 3 is 2.70 bits per heavy atom. The zero-order chi connectivity index (χ0) is 15.8. The fraction of sp³-hybridized carbons (Fsp3) is 0.294. The summed E-state index contributed by atoms with van der Waals surface area (Å²) in [4.78, 5) is 29.5. The highest BCUT2D eigenvalue weighted by atomic mass is 32.1. The Kier molecular flexibility index (Phi) is 3.53. The van der Waals surface area contributed by atoms with Crippen LogP contribution in [0.3, 0.4) is 0 Å². The van der Waals surface area contributed by atoms with E-state index in [1.54, 1.807) is 0 Å². The number of imidazole rings is 1. The molecule has 5 nitrogen and oxygen atoms in total. The predicted molar refractivity (Wildman–Crippen MR) is 91.1 cm³/mol. The van der Waals surface area contributed by atoms with Crippen LogP contribution in [0.2, 0.25) is 0 Å². The van der Waals surface area contributed by atoms with Crippen LogP contribution >= 0.6 is 11.3 Å². The standard InChI is InChI=1S/C17H17N3O2S/c21-16(12-7-10-23-11-12)19-8-5-13(6-9-19)20-15-4-2-1-3-14(15)18-17(20)22/h1-4,7,10-11,13H,5-6,8-9H2,(H,18,22). The Morgan fingerprint density at radius 1 is 1.17 bits per heavy atom. The Labute approximate surface area is 137 Å². The smallest absolute Gasteiger partial charge is 0.326 e. The summed E-state index contributed by atoms with van der Waals surface area (Å²) in [5.74, 6) is 0.0935. The predicted octanol–water partition coefficient (Wildman–Crippen LogP) is 2.87. The van der Waals surface area contributed by atoms with Gasteiger partial charge in [-0.2, -0.15) is 11.3 Å². The van der Waals surface area contributed by atoms with Crippen molar-refractivity contribution < 1.29 is 4.79 Å². The van der Waals surface area contributed by atoms with Crippen LogP contribution in [0.1, 0.15) is 29.2 Å². The number of benzene rings is 1. The van der Waals surface area contributed by atoms with Gasteiger partial charge in [-0.15, -0.1) is 0 Å². The minimum atomic E-state index is -0.0613. The first-order valence-electron chi connectivity index (χ1n) is 7.75. The molecule has 1 saturated heterocycles. The number of likely N-dealkylation sites (tertiary alicyclic amines) is 1. The van der Waals surface area contributed by atoms with Crippen molar-refractivity contribution in [3.05, 3.63) is 57.1 Å². The molecule has 1 fully saturated rings. The summed E-state index contributed by atoms with van der Waals surface area (Å²) >= 11 is 1.54. The first-order chi connectivity index (χ1) is 11.2. The first-order valence-corrected chi connectivity index (χ1v) is 8.69. The zero-order valence-corrected chi connectivity index (χ0v) is 13.4. The number of amides is 1. The van der Waals surface area contributed by atoms with Gasteiger partial charge in [0.15, 0.2) is 0 Å². The highest BCUT2D eigenvalue weighted by Crippen LogP contribution is 2.25. The summed E-state index contributed by atoms with van der Waals surface area (Å²) in [5.41, 5.74) is 2.51. The zero-order valence-electron chi connectivity index (χ0n) is 12.6. The van der Waals surface area contributed by atoms with E-state index in [9.17, 15) is 9.59 Å². The van der Waals surface area contributed by atoms with Crippen molar-refractivity contribution in [3.63, 3.8) is 0 Å². The summed E-state index contributed by atoms with van der Waals surface area (Å²) in [6.07, 6.45) is 1.61. The lowest BCUT2D eigenvalue weighted by atomic mass is 10.0. The van der Waals surface area contributed by atoms with Gasteiger partial charge >= 0.3 is 5.69 Å². The first kappa shape index (κ1) is 14.3. The Balaban J connectivity index is 1.54. The second-order valence-corrected chi connectivity index (χ2v) is 6.63. The molecule has 0 unspecified atom stereocenters. The molecule has 3 heterocycles. The number of piperidine rings is 1. The molecule has 118 valence electrons. The Morgan fingerprint density at radius 2 is 1.96 bits per heavy atom. The van der Waals surface area contributed by atoms with E-state index >= 15 is 0 Å². The van der Waals surface area contributed by atoms with Gasteiger partial charge in [0.1, 0.15) is 0 Å². The minimum absolute atomic E-state index is 0.0613. The molecule has 3 aromatic rings. The summed E-state index contributed by atoms with van der Waals surface area (Å²) in [6.45, 7) is 1.37. The molecule has 0 spiro atoms. The van der Waals surface area contributed by atoms with Gasteiger partial charge in [0.2, 0.25) is 0 Å². The Bertz CT molecular complexity index is 886. The van der Waals surface area contributed by atoms with Crippen LogP contribution in [0.5, 0.6) is 0 Å². The number of hydrogen-bond donors (Lipinski definition) is 1. The summed E-state index contributed by atoms with van der Waals surface area (Å²) in [6, 6.07) is 9.76. The number of aromatic nitrogens is 2. The molecule has 1 aliphatic heterocycles. The van der Waals surface area contributed by atoms with E-state index < -0.39 is 0 Å². The van der Waals surface area contributed by atoms with E-state index in [0.29, 0.717) is 13.1 Å². The number of hydrogen-bond acceptors (Lipinski definition) is 3. The van der Waals surface area contributed by atoms with Crippen LogP contribution in [0.4, 0.5) is 0 Å². The Hall–Kier alpha value is -2.34. The number of rotatable bonds is 2. The molecular weight excluding hydrogens is 310 g/mol. The lowest BCUT2D eigenvalue weighted by Crippen LogP contribution is -2.40.